The van der Waals surface area contributed by atoms with E-state index in [4.69, 9.17) is 10.5 Å². The van der Waals surface area contributed by atoms with E-state index in [1.807, 2.05) is 0 Å². The molecule has 0 amide bonds. The van der Waals surface area contributed by atoms with Gasteiger partial charge in [-0.3, -0.25) is 0 Å². The molecule has 0 saturated heterocycles. The van der Waals surface area contributed by atoms with Gasteiger partial charge in [-0.2, -0.15) is 0 Å². The van der Waals surface area contributed by atoms with Crippen LogP contribution in [0.4, 0.5) is 5.82 Å². The molecule has 0 aromatic carbocycles. The number of pyridine rings is 1. The van der Waals surface area contributed by atoms with E-state index in [-0.39, 0.29) is 0 Å². The van der Waals surface area contributed by atoms with E-state index in [0.717, 1.165) is 30.0 Å². The number of likely N-dealkylation sites (N-methyl/N-ethyl adjacent to an activating group) is 1. The first-order valence-electron chi connectivity index (χ1n) is 6.61. The van der Waals surface area contributed by atoms with Gasteiger partial charge in [0, 0.05) is 25.9 Å². The van der Waals surface area contributed by atoms with E-state index in [1.54, 1.807) is 7.11 Å². The van der Waals surface area contributed by atoms with Gasteiger partial charge in [-0.25, -0.2) is 4.98 Å². The third-order valence-corrected chi connectivity index (χ3v) is 3.10. The fourth-order valence-electron chi connectivity index (χ4n) is 2.11. The van der Waals surface area contributed by atoms with E-state index in [2.05, 4.69) is 42.8 Å². The van der Waals surface area contributed by atoms with Gasteiger partial charge in [0.2, 0.25) is 0 Å². The smallest absolute Gasteiger partial charge is 0.129 e. The molecule has 2 N–H and O–H groups in total. The molecule has 102 valence electrons. The third kappa shape index (κ3) is 3.68. The van der Waals surface area contributed by atoms with Gasteiger partial charge in [-0.15, -0.1) is 0 Å². The Kier molecular flexibility index (Phi) is 6.09. The molecule has 1 rings (SSSR count). The number of nitrogens with two attached hydrogens (primary N) is 1. The van der Waals surface area contributed by atoms with Crippen molar-refractivity contribution in [2.45, 2.75) is 39.8 Å². The number of hydrogen-bond donors (Lipinski definition) is 1. The lowest BCUT2D eigenvalue weighted by Crippen LogP contribution is -2.37. The first-order valence-corrected chi connectivity index (χ1v) is 6.61. The van der Waals surface area contributed by atoms with Crippen molar-refractivity contribution in [3.63, 3.8) is 0 Å². The second kappa shape index (κ2) is 7.34. The maximum Gasteiger partial charge on any atom is 0.129 e. The third-order valence-electron chi connectivity index (χ3n) is 3.10. The molecule has 0 aliphatic heterocycles. The number of ether oxygens (including phenoxy) is 1. The van der Waals surface area contributed by atoms with Crippen molar-refractivity contribution in [2.24, 2.45) is 5.73 Å². The van der Waals surface area contributed by atoms with E-state index >= 15 is 0 Å². The molecule has 0 bridgehead atoms. The summed E-state index contributed by atoms with van der Waals surface area (Å²) in [5, 5.41) is 0. The molecular weight excluding hydrogens is 226 g/mol. The van der Waals surface area contributed by atoms with E-state index in [1.165, 1.54) is 0 Å². The van der Waals surface area contributed by atoms with E-state index in [9.17, 15) is 0 Å². The molecule has 0 radical (unpaired) electrons. The molecule has 1 heterocycles. The molecule has 4 nitrogen and oxygen atoms in total. The Morgan fingerprint density at radius 2 is 2.11 bits per heavy atom. The normalized spacial score (nSPS) is 12.5. The number of nitrogens with zero attached hydrogens (tertiary/aromatic N) is 2. The van der Waals surface area contributed by atoms with Crippen LogP contribution >= 0.6 is 0 Å². The van der Waals surface area contributed by atoms with Crippen molar-refractivity contribution in [1.82, 2.24) is 4.98 Å². The van der Waals surface area contributed by atoms with Crippen LogP contribution in [0.1, 0.15) is 32.0 Å². The van der Waals surface area contributed by atoms with Crippen LogP contribution in [0.25, 0.3) is 0 Å². The minimum atomic E-state index is 0.310. The topological polar surface area (TPSA) is 51.4 Å². The lowest BCUT2D eigenvalue weighted by Gasteiger charge is -2.29. The van der Waals surface area contributed by atoms with Gasteiger partial charge >= 0.3 is 0 Å². The zero-order valence-corrected chi connectivity index (χ0v) is 11.9. The van der Waals surface area contributed by atoms with E-state index in [0.29, 0.717) is 19.2 Å². The van der Waals surface area contributed by atoms with Crippen LogP contribution < -0.4 is 10.6 Å². The molecule has 4 heteroatoms. The summed E-state index contributed by atoms with van der Waals surface area (Å²) in [4.78, 5) is 6.94. The number of anilines is 1. The van der Waals surface area contributed by atoms with Gasteiger partial charge in [0.1, 0.15) is 5.82 Å². The Balaban J connectivity index is 3.03. The highest BCUT2D eigenvalue weighted by Gasteiger charge is 2.15. The van der Waals surface area contributed by atoms with Gasteiger partial charge in [0.05, 0.1) is 12.6 Å². The minimum Gasteiger partial charge on any atom is -0.383 e. The Bertz CT molecular complexity index is 346. The summed E-state index contributed by atoms with van der Waals surface area (Å²) in [6.45, 7) is 8.56. The minimum absolute atomic E-state index is 0.310. The zero-order chi connectivity index (χ0) is 13.5. The van der Waals surface area contributed by atoms with Crippen LogP contribution in [-0.2, 0) is 17.7 Å². The first-order chi connectivity index (χ1) is 8.65. The van der Waals surface area contributed by atoms with Crippen molar-refractivity contribution >= 4 is 5.82 Å². The highest BCUT2D eigenvalue weighted by molar-refractivity contribution is 5.43. The summed E-state index contributed by atoms with van der Waals surface area (Å²) in [6.07, 6.45) is 0.928. The largest absolute Gasteiger partial charge is 0.383 e. The molecule has 1 unspecified atom stereocenters. The predicted octanol–water partition coefficient (Wildman–Crippen LogP) is 1.96. The average molecular weight is 251 g/mol. The molecule has 0 aliphatic rings. The molecule has 0 spiro atoms. The average Bonchev–Trinajstić information content (AvgIpc) is 2.39. The lowest BCUT2D eigenvalue weighted by molar-refractivity contribution is 0.181. The quantitative estimate of drug-likeness (QED) is 0.805. The predicted molar refractivity (Wildman–Crippen MR) is 75.9 cm³/mol. The second-order valence-corrected chi connectivity index (χ2v) is 4.47. The van der Waals surface area contributed by atoms with Gasteiger partial charge in [-0.05, 0) is 38.0 Å². The summed E-state index contributed by atoms with van der Waals surface area (Å²) in [7, 11) is 1.73. The SMILES string of the molecule is CCc1cc(CN)cc(N(CC)C(C)COC)n1. The number of hydrogen-bond acceptors (Lipinski definition) is 4. The van der Waals surface area contributed by atoms with Crippen LogP contribution in [0, 0.1) is 0 Å². The number of aromatic nitrogens is 1. The van der Waals surface area contributed by atoms with Crippen molar-refractivity contribution in [3.8, 4) is 0 Å². The summed E-state index contributed by atoms with van der Waals surface area (Å²) in [5.41, 5.74) is 7.98. The summed E-state index contributed by atoms with van der Waals surface area (Å²) < 4.78 is 5.23. The van der Waals surface area contributed by atoms with Gasteiger partial charge in [-0.1, -0.05) is 6.92 Å². The fraction of sp³-hybridized carbons (Fsp3) is 0.643. The standard InChI is InChI=1S/C14H25N3O/c1-5-13-7-12(9-15)8-14(16-13)17(6-2)11(3)10-18-4/h7-8,11H,5-6,9-10,15H2,1-4H3. The van der Waals surface area contributed by atoms with Crippen molar-refractivity contribution in [1.29, 1.82) is 0 Å². The Hall–Kier alpha value is -1.13. The van der Waals surface area contributed by atoms with Crippen LogP contribution in [0.15, 0.2) is 12.1 Å². The molecular formula is C14H25N3O. The summed E-state index contributed by atoms with van der Waals surface area (Å²) in [5.74, 6) is 1.00. The molecule has 18 heavy (non-hydrogen) atoms. The monoisotopic (exact) mass is 251 g/mol. The number of methoxy groups -OCH3 is 1. The maximum absolute atomic E-state index is 5.75. The van der Waals surface area contributed by atoms with Gasteiger partial charge in [0.25, 0.3) is 0 Å². The van der Waals surface area contributed by atoms with Crippen LogP contribution in [0.2, 0.25) is 0 Å². The molecule has 0 aliphatic carbocycles. The second-order valence-electron chi connectivity index (χ2n) is 4.47. The van der Waals surface area contributed by atoms with Crippen LogP contribution in [0.3, 0.4) is 0 Å². The lowest BCUT2D eigenvalue weighted by atomic mass is 10.1. The van der Waals surface area contributed by atoms with Crippen molar-refractivity contribution in [3.05, 3.63) is 23.4 Å². The zero-order valence-electron chi connectivity index (χ0n) is 11.9. The van der Waals surface area contributed by atoms with Crippen LogP contribution in [-0.4, -0.2) is 31.3 Å². The first kappa shape index (κ1) is 14.9. The highest BCUT2D eigenvalue weighted by atomic mass is 16.5. The molecule has 1 aromatic rings. The van der Waals surface area contributed by atoms with Crippen molar-refractivity contribution < 1.29 is 4.74 Å². The number of rotatable bonds is 7. The van der Waals surface area contributed by atoms with Crippen LogP contribution in [0.5, 0.6) is 0 Å². The van der Waals surface area contributed by atoms with Gasteiger partial charge < -0.3 is 15.4 Å². The van der Waals surface area contributed by atoms with Gasteiger partial charge in [0.15, 0.2) is 0 Å². The fourth-order valence-corrected chi connectivity index (χ4v) is 2.11. The molecule has 0 fully saturated rings. The summed E-state index contributed by atoms with van der Waals surface area (Å²) >= 11 is 0. The highest BCUT2D eigenvalue weighted by Crippen LogP contribution is 2.18. The molecule has 1 atom stereocenters. The maximum atomic E-state index is 5.75. The Morgan fingerprint density at radius 3 is 2.61 bits per heavy atom. The molecule has 0 saturated carbocycles. The summed E-state index contributed by atoms with van der Waals surface area (Å²) in [6, 6.07) is 4.47. The Morgan fingerprint density at radius 1 is 1.39 bits per heavy atom. The Labute approximate surface area is 110 Å². The van der Waals surface area contributed by atoms with Crippen molar-refractivity contribution in [2.75, 3.05) is 25.2 Å². The molecule has 1 aromatic heterocycles. The van der Waals surface area contributed by atoms with E-state index < -0.39 is 0 Å². The number of aryl methyl sites for hydroxylation is 1.